The zero-order chi connectivity index (χ0) is 18.9. The van der Waals surface area contributed by atoms with Crippen molar-refractivity contribution in [2.45, 2.75) is 13.8 Å². The molecule has 0 saturated heterocycles. The summed E-state index contributed by atoms with van der Waals surface area (Å²) in [4.78, 5) is 4.70. The van der Waals surface area contributed by atoms with Crippen molar-refractivity contribution in [3.63, 3.8) is 0 Å². The number of anilines is 3. The Morgan fingerprint density at radius 3 is 1.81 bits per heavy atom. The van der Waals surface area contributed by atoms with E-state index in [1.807, 2.05) is 43.3 Å². The van der Waals surface area contributed by atoms with Crippen LogP contribution >= 0.6 is 0 Å². The highest BCUT2D eigenvalue weighted by atomic mass is 15.5. The molecule has 0 saturated carbocycles. The van der Waals surface area contributed by atoms with Crippen molar-refractivity contribution in [3.8, 4) is 0 Å². The molecule has 27 heavy (non-hydrogen) atoms. The van der Waals surface area contributed by atoms with Crippen LogP contribution in [0, 0.1) is 0 Å². The number of hydrazine groups is 1. The minimum absolute atomic E-state index is 0.703. The summed E-state index contributed by atoms with van der Waals surface area (Å²) in [6, 6.07) is 28.9. The molecule has 0 amide bonds. The first-order valence-corrected chi connectivity index (χ1v) is 9.37. The molecular formula is C23H26N4. The van der Waals surface area contributed by atoms with Crippen LogP contribution in [-0.4, -0.2) is 18.9 Å². The van der Waals surface area contributed by atoms with Crippen LogP contribution in [-0.2, 0) is 0 Å². The average molecular weight is 358 g/mol. The Bertz CT molecular complexity index is 803. The lowest BCUT2D eigenvalue weighted by atomic mass is 10.2. The molecular weight excluding hydrogens is 332 g/mol. The highest BCUT2D eigenvalue weighted by molar-refractivity contribution is 6.00. The maximum atomic E-state index is 4.70. The van der Waals surface area contributed by atoms with Gasteiger partial charge in [-0.2, -0.15) is 0 Å². The lowest BCUT2D eigenvalue weighted by Gasteiger charge is -2.27. The number of hydrogen-bond acceptors (Lipinski definition) is 3. The first kappa shape index (κ1) is 18.5. The van der Waals surface area contributed by atoms with Crippen molar-refractivity contribution < 1.29 is 0 Å². The molecule has 0 aliphatic rings. The van der Waals surface area contributed by atoms with E-state index in [2.05, 4.69) is 71.2 Å². The third kappa shape index (κ3) is 4.88. The van der Waals surface area contributed by atoms with Gasteiger partial charge in [0.15, 0.2) is 0 Å². The molecule has 0 bridgehead atoms. The van der Waals surface area contributed by atoms with Crippen molar-refractivity contribution >= 4 is 22.9 Å². The molecule has 138 valence electrons. The molecule has 2 N–H and O–H groups in total. The number of amidine groups is 1. The fourth-order valence-electron chi connectivity index (χ4n) is 2.84. The summed E-state index contributed by atoms with van der Waals surface area (Å²) in [5.74, 6) is 0.841. The number of para-hydroxylation sites is 2. The molecule has 0 atom stereocenters. The van der Waals surface area contributed by atoms with Crippen LogP contribution in [0.4, 0.5) is 17.1 Å². The second-order valence-electron chi connectivity index (χ2n) is 6.05. The molecule has 0 aliphatic carbocycles. The molecule has 4 nitrogen and oxygen atoms in total. The maximum absolute atomic E-state index is 4.70. The van der Waals surface area contributed by atoms with E-state index < -0.39 is 0 Å². The second-order valence-corrected chi connectivity index (χ2v) is 6.05. The molecule has 0 aromatic heterocycles. The average Bonchev–Trinajstić information content (AvgIpc) is 2.73. The van der Waals surface area contributed by atoms with Gasteiger partial charge in [0.05, 0.1) is 11.4 Å². The Morgan fingerprint density at radius 1 is 0.778 bits per heavy atom. The van der Waals surface area contributed by atoms with Crippen molar-refractivity contribution in [2.75, 3.05) is 23.4 Å². The van der Waals surface area contributed by atoms with E-state index in [1.165, 1.54) is 0 Å². The largest absolute Gasteiger partial charge is 0.385 e. The quantitative estimate of drug-likeness (QED) is 0.345. The van der Waals surface area contributed by atoms with Crippen molar-refractivity contribution in [3.05, 3.63) is 90.5 Å². The Balaban J connectivity index is 1.93. The van der Waals surface area contributed by atoms with E-state index in [0.29, 0.717) is 6.54 Å². The zero-order valence-corrected chi connectivity index (χ0v) is 15.9. The van der Waals surface area contributed by atoms with E-state index in [0.717, 1.165) is 35.0 Å². The van der Waals surface area contributed by atoms with Gasteiger partial charge in [0.1, 0.15) is 5.84 Å². The van der Waals surface area contributed by atoms with Crippen LogP contribution in [0.1, 0.15) is 19.4 Å². The van der Waals surface area contributed by atoms with Gasteiger partial charge in [-0.1, -0.05) is 36.4 Å². The number of benzene rings is 3. The number of aliphatic imine (C=N–C) groups is 1. The predicted octanol–water partition coefficient (Wildman–Crippen LogP) is 5.23. The fraction of sp³-hybridized carbons (Fsp3) is 0.174. The van der Waals surface area contributed by atoms with Crippen LogP contribution < -0.4 is 15.8 Å². The summed E-state index contributed by atoms with van der Waals surface area (Å²) in [5, 5.41) is 5.39. The molecule has 0 radical (unpaired) electrons. The molecule has 3 aromatic rings. The van der Waals surface area contributed by atoms with Gasteiger partial charge in [0.25, 0.3) is 0 Å². The van der Waals surface area contributed by atoms with Crippen molar-refractivity contribution in [1.29, 1.82) is 0 Å². The van der Waals surface area contributed by atoms with E-state index >= 15 is 0 Å². The van der Waals surface area contributed by atoms with Gasteiger partial charge < -0.3 is 5.32 Å². The molecule has 0 unspecified atom stereocenters. The lowest BCUT2D eigenvalue weighted by Crippen LogP contribution is -2.39. The van der Waals surface area contributed by atoms with Crippen LogP contribution in [0.15, 0.2) is 89.9 Å². The maximum Gasteiger partial charge on any atom is 0.147 e. The standard InChI is InChI=1S/C23H26N4/c1-3-24-20-17-15-19(16-18-20)23(25-4-2)26-27(21-11-7-5-8-12-21)22-13-9-6-10-14-22/h5-18,24H,3-4H2,1-2H3,(H,25,26). The van der Waals surface area contributed by atoms with Crippen LogP contribution in [0.3, 0.4) is 0 Å². The van der Waals surface area contributed by atoms with Gasteiger partial charge >= 0.3 is 0 Å². The van der Waals surface area contributed by atoms with Crippen LogP contribution in [0.5, 0.6) is 0 Å². The minimum Gasteiger partial charge on any atom is -0.385 e. The first-order chi connectivity index (χ1) is 13.3. The first-order valence-electron chi connectivity index (χ1n) is 9.37. The van der Waals surface area contributed by atoms with E-state index in [1.54, 1.807) is 0 Å². The molecule has 4 heteroatoms. The Labute approximate surface area is 161 Å². The number of rotatable bonds is 7. The summed E-state index contributed by atoms with van der Waals surface area (Å²) < 4.78 is 0. The fourth-order valence-corrected chi connectivity index (χ4v) is 2.84. The highest BCUT2D eigenvalue weighted by Gasteiger charge is 2.12. The monoisotopic (exact) mass is 358 g/mol. The van der Waals surface area contributed by atoms with Gasteiger partial charge in [-0.15, -0.1) is 0 Å². The topological polar surface area (TPSA) is 39.7 Å². The summed E-state index contributed by atoms with van der Waals surface area (Å²) >= 11 is 0. The Kier molecular flexibility index (Phi) is 6.47. The van der Waals surface area contributed by atoms with Crippen molar-refractivity contribution in [1.82, 2.24) is 5.43 Å². The smallest absolute Gasteiger partial charge is 0.147 e. The van der Waals surface area contributed by atoms with Gasteiger partial charge in [-0.3, -0.25) is 15.4 Å². The molecule has 0 spiro atoms. The highest BCUT2D eigenvalue weighted by Crippen LogP contribution is 2.23. The third-order valence-electron chi connectivity index (χ3n) is 4.10. The van der Waals surface area contributed by atoms with Gasteiger partial charge in [0.2, 0.25) is 0 Å². The summed E-state index contributed by atoms with van der Waals surface area (Å²) in [6.45, 7) is 5.75. The summed E-state index contributed by atoms with van der Waals surface area (Å²) in [6.07, 6.45) is 0. The summed E-state index contributed by atoms with van der Waals surface area (Å²) in [7, 11) is 0. The Hall–Kier alpha value is -3.27. The molecule has 0 heterocycles. The number of nitrogens with one attached hydrogen (secondary N) is 2. The van der Waals surface area contributed by atoms with Gasteiger partial charge in [0, 0.05) is 24.3 Å². The van der Waals surface area contributed by atoms with Gasteiger partial charge in [-0.25, -0.2) is 0 Å². The zero-order valence-electron chi connectivity index (χ0n) is 15.9. The lowest BCUT2D eigenvalue weighted by molar-refractivity contribution is 0.918. The van der Waals surface area contributed by atoms with E-state index in [4.69, 9.17) is 4.99 Å². The van der Waals surface area contributed by atoms with Gasteiger partial charge in [-0.05, 0) is 62.4 Å². The predicted molar refractivity (Wildman–Crippen MR) is 116 cm³/mol. The summed E-state index contributed by atoms with van der Waals surface area (Å²) in [5.41, 5.74) is 7.79. The normalized spacial score (nSPS) is 11.1. The third-order valence-corrected chi connectivity index (χ3v) is 4.10. The molecule has 3 aromatic carbocycles. The number of nitrogens with zero attached hydrogens (tertiary/aromatic N) is 2. The SMILES string of the molecule is CCN=C(NN(c1ccccc1)c1ccccc1)c1ccc(NCC)cc1. The van der Waals surface area contributed by atoms with E-state index in [9.17, 15) is 0 Å². The molecule has 0 fully saturated rings. The minimum atomic E-state index is 0.703. The van der Waals surface area contributed by atoms with Crippen LogP contribution in [0.25, 0.3) is 0 Å². The van der Waals surface area contributed by atoms with Crippen molar-refractivity contribution in [2.24, 2.45) is 4.99 Å². The molecule has 0 aliphatic heterocycles. The molecule has 3 rings (SSSR count). The second kappa shape index (κ2) is 9.43. The number of hydrogen-bond donors (Lipinski definition) is 2. The Morgan fingerprint density at radius 2 is 1.33 bits per heavy atom. The van der Waals surface area contributed by atoms with E-state index in [-0.39, 0.29) is 0 Å². The van der Waals surface area contributed by atoms with Crippen LogP contribution in [0.2, 0.25) is 0 Å².